The van der Waals surface area contributed by atoms with E-state index in [1.165, 1.54) is 0 Å². The Morgan fingerprint density at radius 3 is 2.78 bits per heavy atom. The highest BCUT2D eigenvalue weighted by atomic mass is 35.5. The fraction of sp³-hybridized carbons (Fsp3) is 0.286. The molecular weight excluding hydrogens is 362 g/mol. The van der Waals surface area contributed by atoms with Crippen LogP contribution < -0.4 is 0 Å². The van der Waals surface area contributed by atoms with Crippen molar-refractivity contribution in [3.8, 4) is 0 Å². The lowest BCUT2D eigenvalue weighted by atomic mass is 10.1. The molecule has 2 heterocycles. The van der Waals surface area contributed by atoms with Crippen molar-refractivity contribution in [2.75, 3.05) is 20.3 Å². The number of halogens is 1. The van der Waals surface area contributed by atoms with E-state index >= 15 is 0 Å². The summed E-state index contributed by atoms with van der Waals surface area (Å²) in [4.78, 5) is 23.2. The monoisotopic (exact) mass is 383 g/mol. The highest BCUT2D eigenvalue weighted by molar-refractivity contribution is 6.30. The number of aromatic nitrogens is 2. The van der Waals surface area contributed by atoms with Gasteiger partial charge < -0.3 is 9.64 Å². The van der Waals surface area contributed by atoms with Crippen molar-refractivity contribution in [2.24, 2.45) is 0 Å². The quantitative estimate of drug-likeness (QED) is 0.599. The second-order valence-corrected chi connectivity index (χ2v) is 6.91. The summed E-state index contributed by atoms with van der Waals surface area (Å²) in [6, 6.07) is 9.68. The minimum atomic E-state index is -0.114. The van der Waals surface area contributed by atoms with Gasteiger partial charge in [0.2, 0.25) is 0 Å². The van der Waals surface area contributed by atoms with E-state index in [1.54, 1.807) is 36.5 Å². The van der Waals surface area contributed by atoms with Crippen molar-refractivity contribution in [1.82, 2.24) is 14.9 Å². The van der Waals surface area contributed by atoms with Crippen LogP contribution >= 0.6 is 11.6 Å². The van der Waals surface area contributed by atoms with Gasteiger partial charge in [0, 0.05) is 43.5 Å². The molecule has 5 nitrogen and oxygen atoms in total. The fourth-order valence-corrected chi connectivity index (χ4v) is 3.31. The van der Waals surface area contributed by atoms with Crippen LogP contribution in [-0.4, -0.2) is 41.0 Å². The third kappa shape index (κ3) is 4.43. The number of aryl methyl sites for hydroxylation is 2. The molecule has 0 aliphatic rings. The van der Waals surface area contributed by atoms with Crippen molar-refractivity contribution in [2.45, 2.75) is 20.4 Å². The lowest BCUT2D eigenvalue weighted by Crippen LogP contribution is -2.33. The highest BCUT2D eigenvalue weighted by Crippen LogP contribution is 2.25. The van der Waals surface area contributed by atoms with Crippen LogP contribution in [0.15, 0.2) is 42.7 Å². The molecule has 0 fully saturated rings. The van der Waals surface area contributed by atoms with Crippen LogP contribution in [-0.2, 0) is 11.3 Å². The van der Waals surface area contributed by atoms with Crippen LogP contribution in [0.5, 0.6) is 0 Å². The van der Waals surface area contributed by atoms with E-state index in [2.05, 4.69) is 29.0 Å². The smallest absolute Gasteiger partial charge is 0.255 e. The molecule has 27 heavy (non-hydrogen) atoms. The maximum atomic E-state index is 12.9. The molecule has 0 atom stereocenters. The zero-order valence-electron chi connectivity index (χ0n) is 15.7. The van der Waals surface area contributed by atoms with E-state index < -0.39 is 0 Å². The van der Waals surface area contributed by atoms with E-state index in [9.17, 15) is 4.79 Å². The van der Waals surface area contributed by atoms with Gasteiger partial charge in [0.05, 0.1) is 17.7 Å². The largest absolute Gasteiger partial charge is 0.383 e. The number of hydrogen-bond acceptors (Lipinski definition) is 4. The Labute approximate surface area is 164 Å². The van der Waals surface area contributed by atoms with Crippen molar-refractivity contribution >= 4 is 28.4 Å². The highest BCUT2D eigenvalue weighted by Gasteiger charge is 2.18. The first-order chi connectivity index (χ1) is 13.0. The topological polar surface area (TPSA) is 55.3 Å². The molecule has 0 unspecified atom stereocenters. The number of benzene rings is 1. The normalized spacial score (nSPS) is 11.0. The third-order valence-corrected chi connectivity index (χ3v) is 4.73. The summed E-state index contributed by atoms with van der Waals surface area (Å²) in [6.45, 7) is 5.31. The second-order valence-electron chi connectivity index (χ2n) is 6.55. The van der Waals surface area contributed by atoms with Gasteiger partial charge in [0.1, 0.15) is 5.15 Å². The van der Waals surface area contributed by atoms with E-state index in [4.69, 9.17) is 16.3 Å². The first-order valence-electron chi connectivity index (χ1n) is 8.74. The van der Waals surface area contributed by atoms with Gasteiger partial charge in [-0.25, -0.2) is 4.98 Å². The van der Waals surface area contributed by atoms with Crippen molar-refractivity contribution in [3.05, 3.63) is 70.1 Å². The SMILES string of the molecule is COCCN(Cc1cc2cc(C)cc(C)c2nc1Cl)C(=O)c1cccnc1. The maximum absolute atomic E-state index is 12.9. The van der Waals surface area contributed by atoms with E-state index in [0.717, 1.165) is 27.6 Å². The van der Waals surface area contributed by atoms with Crippen LogP contribution in [0.25, 0.3) is 10.9 Å². The summed E-state index contributed by atoms with van der Waals surface area (Å²) in [6.07, 6.45) is 3.21. The minimum Gasteiger partial charge on any atom is -0.383 e. The van der Waals surface area contributed by atoms with Crippen LogP contribution in [0.2, 0.25) is 5.15 Å². The number of nitrogens with zero attached hydrogens (tertiary/aromatic N) is 3. The molecule has 0 bridgehead atoms. The second kappa shape index (κ2) is 8.46. The number of amides is 1. The molecule has 0 aliphatic heterocycles. The molecule has 0 saturated carbocycles. The Morgan fingerprint density at radius 1 is 1.26 bits per heavy atom. The molecule has 0 radical (unpaired) electrons. The lowest BCUT2D eigenvalue weighted by Gasteiger charge is -2.23. The Kier molecular flexibility index (Phi) is 6.04. The summed E-state index contributed by atoms with van der Waals surface area (Å²) in [5, 5.41) is 1.43. The molecule has 0 spiro atoms. The molecule has 1 amide bonds. The number of ether oxygens (including phenoxy) is 1. The molecule has 0 N–H and O–H groups in total. The van der Waals surface area contributed by atoms with Gasteiger partial charge in [-0.3, -0.25) is 9.78 Å². The molecular formula is C21H22ClN3O2. The summed E-state index contributed by atoms with van der Waals surface area (Å²) in [7, 11) is 1.61. The minimum absolute atomic E-state index is 0.114. The average Bonchev–Trinajstić information content (AvgIpc) is 2.66. The zero-order valence-corrected chi connectivity index (χ0v) is 16.5. The van der Waals surface area contributed by atoms with Gasteiger partial charge in [-0.05, 0) is 43.7 Å². The van der Waals surface area contributed by atoms with E-state index in [-0.39, 0.29) is 5.91 Å². The van der Waals surface area contributed by atoms with E-state index in [0.29, 0.717) is 30.4 Å². The number of pyridine rings is 2. The van der Waals surface area contributed by atoms with E-state index in [1.807, 2.05) is 13.0 Å². The summed E-state index contributed by atoms with van der Waals surface area (Å²) in [5.41, 5.74) is 4.47. The van der Waals surface area contributed by atoms with Gasteiger partial charge in [-0.1, -0.05) is 23.2 Å². The molecule has 0 saturated heterocycles. The Morgan fingerprint density at radius 2 is 2.07 bits per heavy atom. The number of fused-ring (bicyclic) bond motifs is 1. The Balaban J connectivity index is 1.95. The van der Waals surface area contributed by atoms with Gasteiger partial charge in [0.25, 0.3) is 5.91 Å². The summed E-state index contributed by atoms with van der Waals surface area (Å²) < 4.78 is 5.17. The predicted octanol–water partition coefficient (Wildman–Crippen LogP) is 4.19. The summed E-state index contributed by atoms with van der Waals surface area (Å²) in [5.74, 6) is -0.114. The molecule has 1 aromatic carbocycles. The van der Waals surface area contributed by atoms with Crippen molar-refractivity contribution in [1.29, 1.82) is 0 Å². The van der Waals surface area contributed by atoms with Crippen LogP contribution in [0, 0.1) is 13.8 Å². The first-order valence-corrected chi connectivity index (χ1v) is 9.12. The lowest BCUT2D eigenvalue weighted by molar-refractivity contribution is 0.0680. The van der Waals surface area contributed by atoms with Crippen molar-refractivity contribution < 1.29 is 9.53 Å². The molecule has 0 aliphatic carbocycles. The molecule has 6 heteroatoms. The number of hydrogen-bond donors (Lipinski definition) is 0. The Hall–Kier alpha value is -2.50. The predicted molar refractivity (Wildman–Crippen MR) is 107 cm³/mol. The zero-order chi connectivity index (χ0) is 19.4. The first kappa shape index (κ1) is 19.3. The van der Waals surface area contributed by atoms with Gasteiger partial charge in [0.15, 0.2) is 0 Å². The Bertz CT molecular complexity index is 961. The van der Waals surface area contributed by atoms with Crippen LogP contribution in [0.1, 0.15) is 27.0 Å². The van der Waals surface area contributed by atoms with Gasteiger partial charge in [-0.15, -0.1) is 0 Å². The average molecular weight is 384 g/mol. The molecule has 2 aromatic heterocycles. The van der Waals surface area contributed by atoms with Crippen LogP contribution in [0.3, 0.4) is 0 Å². The molecule has 140 valence electrons. The van der Waals surface area contributed by atoms with Gasteiger partial charge in [-0.2, -0.15) is 0 Å². The number of methoxy groups -OCH3 is 1. The third-order valence-electron chi connectivity index (χ3n) is 4.40. The summed E-state index contributed by atoms with van der Waals surface area (Å²) >= 11 is 6.45. The van der Waals surface area contributed by atoms with Crippen molar-refractivity contribution in [3.63, 3.8) is 0 Å². The molecule has 3 rings (SSSR count). The number of carbonyl (C=O) groups is 1. The number of carbonyl (C=O) groups excluding carboxylic acids is 1. The number of rotatable bonds is 6. The molecule has 3 aromatic rings. The van der Waals surface area contributed by atoms with Crippen LogP contribution in [0.4, 0.5) is 0 Å². The fourth-order valence-electron chi connectivity index (χ4n) is 3.12. The maximum Gasteiger partial charge on any atom is 0.255 e. The standard InChI is InChI=1S/C21H22ClN3O2/c1-14-9-15(2)19-17(10-14)11-18(20(22)24-19)13-25(7-8-27-3)21(26)16-5-4-6-23-12-16/h4-6,9-12H,7-8,13H2,1-3H3. The van der Waals surface area contributed by atoms with Gasteiger partial charge >= 0.3 is 0 Å².